The number of halogens is 1. The number of aromatic nitrogens is 3. The van der Waals surface area contributed by atoms with Crippen LogP contribution in [0.3, 0.4) is 0 Å². The van der Waals surface area contributed by atoms with E-state index in [1.54, 1.807) is 35.0 Å². The summed E-state index contributed by atoms with van der Waals surface area (Å²) in [5.74, 6) is -0.225. The number of rotatable bonds is 3. The van der Waals surface area contributed by atoms with E-state index in [0.717, 1.165) is 31.2 Å². The number of carbonyl (C=O) groups excluding carboxylic acids is 1. The molecular formula is C28H27FN4O2. The molecule has 2 aromatic heterocycles. The molecule has 178 valence electrons. The first-order valence-electron chi connectivity index (χ1n) is 12.2. The lowest BCUT2D eigenvalue weighted by molar-refractivity contribution is -0.110. The van der Waals surface area contributed by atoms with Gasteiger partial charge in [0.25, 0.3) is 5.91 Å². The summed E-state index contributed by atoms with van der Waals surface area (Å²) in [6.45, 7) is 0.451. The average Bonchev–Trinajstić information content (AvgIpc) is 3.29. The quantitative estimate of drug-likeness (QED) is 0.466. The molecule has 3 heterocycles. The molecule has 1 unspecified atom stereocenters. The first kappa shape index (κ1) is 21.9. The molecule has 6 nitrogen and oxygen atoms in total. The van der Waals surface area contributed by atoms with E-state index in [1.807, 2.05) is 35.2 Å². The first-order valence-corrected chi connectivity index (χ1v) is 12.2. The Labute approximate surface area is 203 Å². The number of aliphatic hydroxyl groups is 1. The number of imidazole rings is 1. The Balaban J connectivity index is 1.39. The van der Waals surface area contributed by atoms with E-state index in [1.165, 1.54) is 12.1 Å². The maximum atomic E-state index is 14.0. The summed E-state index contributed by atoms with van der Waals surface area (Å²) < 4.78 is 15.2. The number of hydrogen-bond acceptors (Lipinski definition) is 4. The van der Waals surface area contributed by atoms with Crippen molar-refractivity contribution in [2.45, 2.75) is 43.7 Å². The maximum Gasteiger partial charge on any atom is 0.290 e. The molecule has 35 heavy (non-hydrogen) atoms. The molecule has 4 aromatic rings. The van der Waals surface area contributed by atoms with Crippen molar-refractivity contribution in [2.75, 3.05) is 6.54 Å². The fourth-order valence-electron chi connectivity index (χ4n) is 6.03. The fourth-order valence-corrected chi connectivity index (χ4v) is 6.03. The van der Waals surface area contributed by atoms with Crippen molar-refractivity contribution in [3.63, 3.8) is 0 Å². The van der Waals surface area contributed by atoms with Gasteiger partial charge in [0.15, 0.2) is 5.65 Å². The van der Waals surface area contributed by atoms with Crippen molar-refractivity contribution >= 4 is 11.6 Å². The Morgan fingerprint density at radius 1 is 1.03 bits per heavy atom. The van der Waals surface area contributed by atoms with Gasteiger partial charge in [-0.3, -0.25) is 9.20 Å². The number of nitrogens with zero attached hydrogens (tertiary/aromatic N) is 4. The van der Waals surface area contributed by atoms with Crippen LogP contribution in [0.25, 0.3) is 16.9 Å². The minimum atomic E-state index is -0.946. The number of carbonyl (C=O) groups is 1. The molecule has 0 spiro atoms. The molecule has 1 saturated heterocycles. The van der Waals surface area contributed by atoms with Gasteiger partial charge >= 0.3 is 0 Å². The maximum absolute atomic E-state index is 14.0. The fraction of sp³-hybridized carbons (Fsp3) is 0.321. The van der Waals surface area contributed by atoms with Gasteiger partial charge in [0.1, 0.15) is 11.5 Å². The number of benzene rings is 2. The summed E-state index contributed by atoms with van der Waals surface area (Å²) in [6, 6.07) is 17.6. The number of fused-ring (bicyclic) bond motifs is 2. The van der Waals surface area contributed by atoms with Crippen LogP contribution in [0, 0.1) is 11.7 Å². The Kier molecular flexibility index (Phi) is 5.37. The van der Waals surface area contributed by atoms with Crippen LogP contribution in [0.2, 0.25) is 0 Å². The summed E-state index contributed by atoms with van der Waals surface area (Å²) in [5, 5.41) is 11.9. The van der Waals surface area contributed by atoms with E-state index in [9.17, 15) is 14.3 Å². The molecule has 2 aliphatic rings. The van der Waals surface area contributed by atoms with Gasteiger partial charge in [0.05, 0.1) is 5.60 Å². The second-order valence-electron chi connectivity index (χ2n) is 9.60. The largest absolute Gasteiger partial charge is 0.385 e. The predicted molar refractivity (Wildman–Crippen MR) is 130 cm³/mol. The van der Waals surface area contributed by atoms with Gasteiger partial charge in [-0.25, -0.2) is 14.4 Å². The van der Waals surface area contributed by atoms with Crippen molar-refractivity contribution in [1.29, 1.82) is 0 Å². The van der Waals surface area contributed by atoms with E-state index < -0.39 is 5.60 Å². The average molecular weight is 471 g/mol. The number of piperidine rings is 1. The molecule has 2 fully saturated rings. The Bertz CT molecular complexity index is 1370. The predicted octanol–water partition coefficient (Wildman–Crippen LogP) is 4.83. The zero-order valence-electron chi connectivity index (χ0n) is 19.3. The van der Waals surface area contributed by atoms with Gasteiger partial charge < -0.3 is 10.0 Å². The van der Waals surface area contributed by atoms with Crippen LogP contribution >= 0.6 is 0 Å². The standard InChI is InChI=1S/C28H27FN4O2/c29-21-13-11-19(12-14-21)24-25-30-16-6-17-33(25)26(31-24)27(34)32-18-15-28(35,20-7-2-1-3-8-20)22-9-4-5-10-23(22)32/h1-3,6-8,11-14,16-17,22-23,35H,4-5,9-10,15,18H2/t22-,23+,28?/m0/s1. The smallest absolute Gasteiger partial charge is 0.290 e. The minimum absolute atomic E-state index is 0.0303. The van der Waals surface area contributed by atoms with Crippen LogP contribution in [-0.2, 0) is 5.60 Å². The van der Waals surface area contributed by atoms with E-state index in [2.05, 4.69) is 4.98 Å². The van der Waals surface area contributed by atoms with Gasteiger partial charge in [-0.1, -0.05) is 43.2 Å². The van der Waals surface area contributed by atoms with Gasteiger partial charge in [-0.05, 0) is 55.2 Å². The molecule has 1 aliphatic heterocycles. The molecule has 1 aliphatic carbocycles. The van der Waals surface area contributed by atoms with Crippen molar-refractivity contribution in [3.8, 4) is 11.3 Å². The second-order valence-corrected chi connectivity index (χ2v) is 9.60. The summed E-state index contributed by atoms with van der Waals surface area (Å²) in [7, 11) is 0. The van der Waals surface area contributed by atoms with Crippen LogP contribution < -0.4 is 0 Å². The lowest BCUT2D eigenvalue weighted by Crippen LogP contribution is -2.59. The van der Waals surface area contributed by atoms with Crippen LogP contribution in [0.15, 0.2) is 73.1 Å². The highest BCUT2D eigenvalue weighted by molar-refractivity contribution is 5.94. The Morgan fingerprint density at radius 3 is 2.60 bits per heavy atom. The third-order valence-corrected chi connectivity index (χ3v) is 7.72. The van der Waals surface area contributed by atoms with E-state index >= 15 is 0 Å². The molecule has 1 saturated carbocycles. The SMILES string of the molecule is O=C(c1nc(-c2ccc(F)cc2)c2ncccn12)N1CCC(O)(c2ccccc2)[C@H]2CCCC[C@H]21. The lowest BCUT2D eigenvalue weighted by atomic mass is 9.66. The van der Waals surface area contributed by atoms with Crippen molar-refractivity contribution in [2.24, 2.45) is 5.92 Å². The van der Waals surface area contributed by atoms with Crippen LogP contribution in [-0.4, -0.2) is 42.9 Å². The Hall–Kier alpha value is -3.58. The number of likely N-dealkylation sites (tertiary alicyclic amines) is 1. The monoisotopic (exact) mass is 470 g/mol. The molecule has 0 radical (unpaired) electrons. The first-order chi connectivity index (χ1) is 17.1. The minimum Gasteiger partial charge on any atom is -0.385 e. The van der Waals surface area contributed by atoms with Crippen molar-refractivity contribution in [3.05, 3.63) is 90.3 Å². The van der Waals surface area contributed by atoms with E-state index in [-0.39, 0.29) is 23.7 Å². The highest BCUT2D eigenvalue weighted by Crippen LogP contribution is 2.47. The van der Waals surface area contributed by atoms with Crippen molar-refractivity contribution < 1.29 is 14.3 Å². The summed E-state index contributed by atoms with van der Waals surface area (Å²) in [6.07, 6.45) is 7.75. The Morgan fingerprint density at radius 2 is 1.80 bits per heavy atom. The van der Waals surface area contributed by atoms with E-state index in [0.29, 0.717) is 35.7 Å². The summed E-state index contributed by atoms with van der Waals surface area (Å²) >= 11 is 0. The molecule has 1 N–H and O–H groups in total. The molecule has 1 amide bonds. The normalized spacial score (nSPS) is 24.3. The number of amides is 1. The molecule has 2 aromatic carbocycles. The molecular weight excluding hydrogens is 443 g/mol. The van der Waals surface area contributed by atoms with Gasteiger partial charge in [-0.15, -0.1) is 0 Å². The second kappa shape index (κ2) is 8.57. The lowest BCUT2D eigenvalue weighted by Gasteiger charge is -2.52. The van der Waals surface area contributed by atoms with Gasteiger partial charge in [-0.2, -0.15) is 0 Å². The van der Waals surface area contributed by atoms with Gasteiger partial charge in [0.2, 0.25) is 5.82 Å². The topological polar surface area (TPSA) is 70.7 Å². The summed E-state index contributed by atoms with van der Waals surface area (Å²) in [5.41, 5.74) is 1.79. The highest BCUT2D eigenvalue weighted by atomic mass is 19.1. The molecule has 3 atom stereocenters. The zero-order chi connectivity index (χ0) is 24.0. The van der Waals surface area contributed by atoms with Crippen LogP contribution in [0.4, 0.5) is 4.39 Å². The third-order valence-electron chi connectivity index (χ3n) is 7.72. The van der Waals surface area contributed by atoms with Crippen LogP contribution in [0.5, 0.6) is 0 Å². The zero-order valence-corrected chi connectivity index (χ0v) is 19.3. The number of hydrogen-bond donors (Lipinski definition) is 1. The van der Waals surface area contributed by atoms with Crippen LogP contribution in [0.1, 0.15) is 48.3 Å². The highest BCUT2D eigenvalue weighted by Gasteiger charge is 2.50. The molecule has 7 heteroatoms. The van der Waals surface area contributed by atoms with Crippen molar-refractivity contribution in [1.82, 2.24) is 19.3 Å². The van der Waals surface area contributed by atoms with E-state index in [4.69, 9.17) is 4.98 Å². The summed E-state index contributed by atoms with van der Waals surface area (Å²) in [4.78, 5) is 25.1. The molecule has 0 bridgehead atoms. The van der Waals surface area contributed by atoms with Gasteiger partial charge in [0, 0.05) is 36.5 Å². The third kappa shape index (κ3) is 3.62. The molecule has 6 rings (SSSR count).